The first kappa shape index (κ1) is 25.1. The van der Waals surface area contributed by atoms with Gasteiger partial charge >= 0.3 is 0 Å². The minimum absolute atomic E-state index is 0.0959. The molecule has 5 rings (SSSR count). The molecule has 2 aromatic carbocycles. The highest BCUT2D eigenvalue weighted by Crippen LogP contribution is 2.29. The van der Waals surface area contributed by atoms with Gasteiger partial charge in [-0.15, -0.1) is 11.3 Å². The topological polar surface area (TPSA) is 112 Å². The van der Waals surface area contributed by atoms with E-state index in [9.17, 15) is 4.79 Å². The predicted molar refractivity (Wildman–Crippen MR) is 157 cm³/mol. The summed E-state index contributed by atoms with van der Waals surface area (Å²) in [5.41, 5.74) is 15.5. The van der Waals surface area contributed by atoms with Crippen molar-refractivity contribution in [2.45, 2.75) is 19.0 Å². The summed E-state index contributed by atoms with van der Waals surface area (Å²) in [6.45, 7) is 4.51. The summed E-state index contributed by atoms with van der Waals surface area (Å²) in [6, 6.07) is 19.7. The van der Waals surface area contributed by atoms with Gasteiger partial charge in [-0.05, 0) is 28.8 Å². The third-order valence-electron chi connectivity index (χ3n) is 5.87. The van der Waals surface area contributed by atoms with Gasteiger partial charge in [0, 0.05) is 29.6 Å². The van der Waals surface area contributed by atoms with Gasteiger partial charge in [-0.1, -0.05) is 61.2 Å². The Hall–Kier alpha value is -3.61. The highest BCUT2D eigenvalue weighted by atomic mass is 127. The van der Waals surface area contributed by atoms with E-state index in [0.29, 0.717) is 23.7 Å². The smallest absolute Gasteiger partial charge is 0.286 e. The fourth-order valence-corrected chi connectivity index (χ4v) is 5.22. The number of carbonyl (C=O) groups excluding carboxylic acids is 1. The number of hydrogen-bond acceptors (Lipinski definition) is 7. The van der Waals surface area contributed by atoms with Crippen LogP contribution < -0.4 is 11.2 Å². The summed E-state index contributed by atoms with van der Waals surface area (Å²) < 4.78 is 1.61. The number of rotatable bonds is 8. The number of halogens is 1. The lowest BCUT2D eigenvalue weighted by Crippen LogP contribution is -2.28. The summed E-state index contributed by atoms with van der Waals surface area (Å²) in [4.78, 5) is 18.1. The van der Waals surface area contributed by atoms with E-state index in [1.807, 2.05) is 89.6 Å². The van der Waals surface area contributed by atoms with Crippen LogP contribution in [0.25, 0.3) is 28.0 Å². The van der Waals surface area contributed by atoms with Crippen molar-refractivity contribution < 1.29 is 4.79 Å². The van der Waals surface area contributed by atoms with Crippen molar-refractivity contribution in [3.05, 3.63) is 101 Å². The molecule has 1 amide bonds. The quantitative estimate of drug-likeness (QED) is 0.180. The maximum atomic E-state index is 13.5. The first-order chi connectivity index (χ1) is 18.0. The number of hydrazone groups is 1. The van der Waals surface area contributed by atoms with Crippen molar-refractivity contribution in [3.63, 3.8) is 0 Å². The summed E-state index contributed by atoms with van der Waals surface area (Å²) in [6.07, 6.45) is 4.22. The van der Waals surface area contributed by atoms with Crippen LogP contribution in [0.3, 0.4) is 0 Å². The van der Waals surface area contributed by atoms with Gasteiger partial charge in [0.25, 0.3) is 5.91 Å². The molecule has 2 aromatic heterocycles. The number of thiazole rings is 1. The largest absolute Gasteiger partial charge is 0.326 e. The normalized spacial score (nSPS) is 15.1. The number of nitrogens with zero attached hydrogens (tertiary/aromatic N) is 4. The fourth-order valence-electron chi connectivity index (χ4n) is 3.88. The number of aromatic amines is 1. The maximum Gasteiger partial charge on any atom is 0.286 e. The maximum absolute atomic E-state index is 13.5. The number of benzene rings is 2. The minimum Gasteiger partial charge on any atom is -0.326 e. The molecule has 1 aliphatic heterocycles. The first-order valence-corrected chi connectivity index (χ1v) is 13.4. The van der Waals surface area contributed by atoms with Gasteiger partial charge in [0.1, 0.15) is 10.7 Å². The Morgan fingerprint density at radius 2 is 2.03 bits per heavy atom. The second-order valence-corrected chi connectivity index (χ2v) is 10.3. The minimum atomic E-state index is -0.211. The zero-order valence-corrected chi connectivity index (χ0v) is 22.7. The Balaban J connectivity index is 1.39. The molecule has 0 radical (unpaired) electrons. The Morgan fingerprint density at radius 1 is 1.19 bits per heavy atom. The number of aromatic nitrogens is 3. The number of amides is 1. The number of hydrogen-bond donors (Lipinski definition) is 3. The van der Waals surface area contributed by atoms with E-state index in [0.717, 1.165) is 39.3 Å². The predicted octanol–water partition coefficient (Wildman–Crippen LogP) is 5.40. The van der Waals surface area contributed by atoms with Crippen LogP contribution in [0.2, 0.25) is 0 Å². The van der Waals surface area contributed by atoms with Crippen LogP contribution in [-0.4, -0.2) is 36.5 Å². The molecule has 186 valence electrons. The Bertz CT molecular complexity index is 1490. The number of carbonyl (C=O) groups is 1. The van der Waals surface area contributed by atoms with Gasteiger partial charge in [-0.2, -0.15) is 10.2 Å². The lowest BCUT2D eigenvalue weighted by Gasteiger charge is -2.21. The molecule has 0 bridgehead atoms. The molecule has 1 aliphatic rings. The Labute approximate surface area is 232 Å². The van der Waals surface area contributed by atoms with Gasteiger partial charge in [0.2, 0.25) is 0 Å². The third kappa shape index (κ3) is 5.71. The molecule has 1 unspecified atom stereocenters. The second-order valence-electron chi connectivity index (χ2n) is 8.46. The molecule has 3 heterocycles. The highest BCUT2D eigenvalue weighted by Gasteiger charge is 2.25. The molecule has 4 aromatic rings. The van der Waals surface area contributed by atoms with Crippen molar-refractivity contribution in [3.8, 4) is 22.0 Å². The van der Waals surface area contributed by atoms with E-state index in [-0.39, 0.29) is 11.9 Å². The van der Waals surface area contributed by atoms with E-state index in [4.69, 9.17) is 5.73 Å². The second kappa shape index (κ2) is 11.2. The summed E-state index contributed by atoms with van der Waals surface area (Å²) in [7, 11) is 0. The molecular formula is C27H24IN7OS. The van der Waals surface area contributed by atoms with Gasteiger partial charge in [-0.3, -0.25) is 13.0 Å². The molecule has 8 nitrogen and oxygen atoms in total. The number of nitrogens with one attached hydrogen (secondary N) is 2. The standard InChI is InChI=1S/C27H24IN7OS/c1-17-15-30-32-22(17)12-21(11-18-6-5-7-19(10-18)14-29)35(28)27(36)25-16-37-26(31-25)24-13-23(33-34-24)20-8-3-2-4-9-20/h2-11,13,15-16,22,32H,1,12,14,29H2,(H,33,34)/b21-11-. The van der Waals surface area contributed by atoms with Gasteiger partial charge in [0.05, 0.1) is 46.5 Å². The van der Waals surface area contributed by atoms with Crippen molar-refractivity contribution in [1.82, 2.24) is 23.7 Å². The molecule has 1 atom stereocenters. The van der Waals surface area contributed by atoms with Crippen LogP contribution >= 0.6 is 34.2 Å². The Kier molecular flexibility index (Phi) is 7.58. The van der Waals surface area contributed by atoms with Crippen molar-refractivity contribution in [2.24, 2.45) is 10.8 Å². The van der Waals surface area contributed by atoms with Crippen LogP contribution in [-0.2, 0) is 6.54 Å². The van der Waals surface area contributed by atoms with Crippen LogP contribution in [0.15, 0.2) is 89.0 Å². The van der Waals surface area contributed by atoms with Crippen LogP contribution in [0.1, 0.15) is 28.0 Å². The van der Waals surface area contributed by atoms with Crippen molar-refractivity contribution >= 4 is 52.4 Å². The van der Waals surface area contributed by atoms with Crippen molar-refractivity contribution in [2.75, 3.05) is 0 Å². The molecule has 37 heavy (non-hydrogen) atoms. The molecule has 10 heteroatoms. The fraction of sp³-hybridized carbons (Fsp3) is 0.111. The highest BCUT2D eigenvalue weighted by molar-refractivity contribution is 14.1. The summed E-state index contributed by atoms with van der Waals surface area (Å²) in [5, 5.41) is 14.0. The monoisotopic (exact) mass is 621 g/mol. The lowest BCUT2D eigenvalue weighted by molar-refractivity contribution is 0.0904. The van der Waals surface area contributed by atoms with Crippen molar-refractivity contribution in [1.29, 1.82) is 0 Å². The summed E-state index contributed by atoms with van der Waals surface area (Å²) in [5.74, 6) is -0.211. The first-order valence-electron chi connectivity index (χ1n) is 11.6. The van der Waals surface area contributed by atoms with E-state index in [1.54, 1.807) is 14.7 Å². The number of nitrogens with two attached hydrogens (primary N) is 1. The third-order valence-corrected chi connectivity index (χ3v) is 7.81. The SMILES string of the molecule is C=C1C=NNC1C/C(=C/c1cccc(CN)c1)N(I)C(=O)c1csc(-c2cc(-c3ccccc3)n[nH]2)n1. The zero-order valence-electron chi connectivity index (χ0n) is 19.8. The van der Waals surface area contributed by atoms with E-state index < -0.39 is 0 Å². The van der Waals surface area contributed by atoms with Crippen LogP contribution in [0, 0.1) is 0 Å². The molecule has 0 aliphatic carbocycles. The molecule has 0 fully saturated rings. The van der Waals surface area contributed by atoms with E-state index in [1.165, 1.54) is 11.3 Å². The molecule has 0 saturated heterocycles. The van der Waals surface area contributed by atoms with Crippen LogP contribution in [0.4, 0.5) is 0 Å². The zero-order chi connectivity index (χ0) is 25.8. The average Bonchev–Trinajstić information content (AvgIpc) is 3.70. The lowest BCUT2D eigenvalue weighted by atomic mass is 10.0. The van der Waals surface area contributed by atoms with E-state index in [2.05, 4.69) is 32.3 Å². The average molecular weight is 622 g/mol. The molecular weight excluding hydrogens is 597 g/mol. The van der Waals surface area contributed by atoms with Gasteiger partial charge < -0.3 is 11.2 Å². The molecule has 0 saturated carbocycles. The molecule has 4 N–H and O–H groups in total. The van der Waals surface area contributed by atoms with E-state index >= 15 is 0 Å². The van der Waals surface area contributed by atoms with Gasteiger partial charge in [0.15, 0.2) is 0 Å². The summed E-state index contributed by atoms with van der Waals surface area (Å²) >= 11 is 3.44. The van der Waals surface area contributed by atoms with Crippen LogP contribution in [0.5, 0.6) is 0 Å². The molecule has 0 spiro atoms. The number of H-pyrrole nitrogens is 1. The Morgan fingerprint density at radius 3 is 2.78 bits per heavy atom. The van der Waals surface area contributed by atoms with Gasteiger partial charge in [-0.25, -0.2) is 4.98 Å².